The molecule has 1 heterocycles. The van der Waals surface area contributed by atoms with Crippen molar-refractivity contribution in [1.82, 2.24) is 5.32 Å². The van der Waals surface area contributed by atoms with Crippen molar-refractivity contribution in [2.75, 3.05) is 13.2 Å². The van der Waals surface area contributed by atoms with Gasteiger partial charge >= 0.3 is 0 Å². The Morgan fingerprint density at radius 1 is 1.60 bits per heavy atom. The SMILES string of the molecule is [2H]c1c([2H])c(C([2H])([2H])[C@H](C)NC([2H])([2H])C)c([2H])c2c1OC([2H])([2H])O2. The molecule has 0 amide bonds. The van der Waals surface area contributed by atoms with Crippen LogP contribution in [0.3, 0.4) is 0 Å². The van der Waals surface area contributed by atoms with Crippen LogP contribution in [0.4, 0.5) is 0 Å². The number of rotatable bonds is 4. The van der Waals surface area contributed by atoms with Gasteiger partial charge in [-0.05, 0) is 37.4 Å². The van der Waals surface area contributed by atoms with Crippen molar-refractivity contribution in [3.63, 3.8) is 0 Å². The van der Waals surface area contributed by atoms with Gasteiger partial charge in [-0.25, -0.2) is 0 Å². The highest BCUT2D eigenvalue weighted by Gasteiger charge is 2.13. The van der Waals surface area contributed by atoms with Crippen molar-refractivity contribution >= 4 is 0 Å². The zero-order valence-corrected chi connectivity index (χ0v) is 8.39. The third-order valence-electron chi connectivity index (χ3n) is 1.75. The van der Waals surface area contributed by atoms with Crippen LogP contribution in [0.2, 0.25) is 0 Å². The Kier molecular flexibility index (Phi) is 1.20. The van der Waals surface area contributed by atoms with Gasteiger partial charge in [0.2, 0.25) is 6.75 Å². The summed E-state index contributed by atoms with van der Waals surface area (Å²) in [7, 11) is 0. The van der Waals surface area contributed by atoms with Crippen molar-refractivity contribution in [3.05, 3.63) is 23.7 Å². The zero-order valence-electron chi connectivity index (χ0n) is 17.4. The summed E-state index contributed by atoms with van der Waals surface area (Å²) in [5.74, 6) is -0.854. The van der Waals surface area contributed by atoms with Crippen LogP contribution in [0.25, 0.3) is 0 Å². The zero-order chi connectivity index (χ0) is 18.7. The first-order valence-corrected chi connectivity index (χ1v) is 4.47. The van der Waals surface area contributed by atoms with Crippen LogP contribution in [0.15, 0.2) is 18.1 Å². The number of benzene rings is 1. The molecule has 0 spiro atoms. The molecule has 3 heteroatoms. The Morgan fingerprint density at radius 3 is 3.20 bits per heavy atom. The quantitative estimate of drug-likeness (QED) is 0.834. The largest absolute Gasteiger partial charge is 0.454 e. The maximum absolute atomic E-state index is 8.22. The second-order valence-electron chi connectivity index (χ2n) is 2.96. The lowest BCUT2D eigenvalue weighted by atomic mass is 10.1. The number of likely N-dealkylation sites (N-methyl/N-ethyl adjacent to an activating group) is 1. The molecular weight excluding hydrogens is 190 g/mol. The average Bonchev–Trinajstić information content (AvgIpc) is 2.70. The maximum Gasteiger partial charge on any atom is 0.231 e. The van der Waals surface area contributed by atoms with Gasteiger partial charge in [0.05, 0.1) is 4.11 Å². The monoisotopic (exact) mass is 216 g/mol. The van der Waals surface area contributed by atoms with Crippen LogP contribution in [-0.4, -0.2) is 19.3 Å². The molecule has 82 valence electrons. The van der Waals surface area contributed by atoms with Crippen molar-refractivity contribution in [3.8, 4) is 11.5 Å². The third-order valence-corrected chi connectivity index (χ3v) is 1.75. The van der Waals surface area contributed by atoms with E-state index in [1.54, 1.807) is 0 Å². The van der Waals surface area contributed by atoms with E-state index < -0.39 is 60.8 Å². The predicted molar refractivity (Wildman–Crippen MR) is 59.4 cm³/mol. The van der Waals surface area contributed by atoms with Gasteiger partial charge in [0.15, 0.2) is 11.5 Å². The van der Waals surface area contributed by atoms with Crippen LogP contribution in [0.1, 0.15) is 31.7 Å². The van der Waals surface area contributed by atoms with Gasteiger partial charge in [-0.2, -0.15) is 0 Å². The van der Waals surface area contributed by atoms with Crippen molar-refractivity contribution in [2.24, 2.45) is 0 Å². The molecule has 0 bridgehead atoms. The summed E-state index contributed by atoms with van der Waals surface area (Å²) in [6.45, 7) is -1.94. The lowest BCUT2D eigenvalue weighted by Crippen LogP contribution is -2.27. The van der Waals surface area contributed by atoms with Crippen molar-refractivity contribution in [2.45, 2.75) is 26.3 Å². The fraction of sp³-hybridized carbons (Fsp3) is 0.500. The molecule has 0 aromatic heterocycles. The van der Waals surface area contributed by atoms with Crippen LogP contribution in [0, 0.1) is 0 Å². The summed E-state index contributed by atoms with van der Waals surface area (Å²) in [5, 5.41) is 2.40. The fourth-order valence-corrected chi connectivity index (χ4v) is 1.17. The minimum atomic E-state index is -2.60. The first kappa shape index (κ1) is 3.98. The van der Waals surface area contributed by atoms with E-state index in [4.69, 9.17) is 21.8 Å². The topological polar surface area (TPSA) is 30.5 Å². The van der Waals surface area contributed by atoms with Crippen LogP contribution in [-0.2, 0) is 6.37 Å². The van der Waals surface area contributed by atoms with Crippen LogP contribution in [0.5, 0.6) is 11.5 Å². The van der Waals surface area contributed by atoms with Gasteiger partial charge in [0.25, 0.3) is 0 Å². The standard InChI is InChI=1S/C12H17NO2/c1-3-13-9(2)6-10-4-5-11-12(7-10)15-8-14-11/h4-5,7,9,13H,3,6,8H2,1-2H3/t9-/m0/s1/i3D2,4D,5D,6D2,7D,8D2. The third kappa shape index (κ3) is 2.42. The van der Waals surface area contributed by atoms with E-state index in [1.807, 2.05) is 0 Å². The highest BCUT2D eigenvalue weighted by atomic mass is 16.7. The molecule has 15 heavy (non-hydrogen) atoms. The highest BCUT2D eigenvalue weighted by molar-refractivity contribution is 5.44. The Labute approximate surface area is 103 Å². The molecule has 0 aliphatic carbocycles. The highest BCUT2D eigenvalue weighted by Crippen LogP contribution is 2.32. The van der Waals surface area contributed by atoms with E-state index in [0.29, 0.717) is 0 Å². The van der Waals surface area contributed by atoms with E-state index in [-0.39, 0.29) is 0 Å². The van der Waals surface area contributed by atoms with Crippen molar-refractivity contribution < 1.29 is 21.8 Å². The second-order valence-corrected chi connectivity index (χ2v) is 2.96. The lowest BCUT2D eigenvalue weighted by molar-refractivity contribution is 0.174. The van der Waals surface area contributed by atoms with E-state index in [1.165, 1.54) is 13.8 Å². The van der Waals surface area contributed by atoms with E-state index in [2.05, 4.69) is 5.32 Å². The van der Waals surface area contributed by atoms with Gasteiger partial charge in [-0.1, -0.05) is 13.0 Å². The van der Waals surface area contributed by atoms with Gasteiger partial charge < -0.3 is 14.8 Å². The Balaban J connectivity index is 2.58. The van der Waals surface area contributed by atoms with Gasteiger partial charge in [0, 0.05) is 11.5 Å². The molecule has 1 aliphatic heterocycles. The first-order valence-electron chi connectivity index (χ1n) is 8.97. The summed E-state index contributed by atoms with van der Waals surface area (Å²) < 4.78 is 79.8. The maximum atomic E-state index is 8.22. The molecule has 3 nitrogen and oxygen atoms in total. The molecule has 1 aliphatic rings. The number of ether oxygens (including phenoxy) is 2. The molecule has 1 aromatic carbocycles. The van der Waals surface area contributed by atoms with E-state index in [9.17, 15) is 0 Å². The van der Waals surface area contributed by atoms with Gasteiger partial charge in [-0.15, -0.1) is 0 Å². The Hall–Kier alpha value is -1.22. The molecule has 0 fully saturated rings. The first-order chi connectivity index (χ1) is 10.7. The molecule has 0 radical (unpaired) electrons. The molecule has 1 atom stereocenters. The van der Waals surface area contributed by atoms with E-state index in [0.717, 1.165) is 0 Å². The number of hydrogen-bond donors (Lipinski definition) is 1. The minimum absolute atomic E-state index is 0.416. The lowest BCUT2D eigenvalue weighted by Gasteiger charge is -2.12. The van der Waals surface area contributed by atoms with Crippen molar-refractivity contribution in [1.29, 1.82) is 0 Å². The molecule has 1 aromatic rings. The van der Waals surface area contributed by atoms with Crippen LogP contribution < -0.4 is 14.8 Å². The second kappa shape index (κ2) is 4.53. The molecule has 0 saturated carbocycles. The Bertz CT molecular complexity index is 672. The average molecular weight is 216 g/mol. The van der Waals surface area contributed by atoms with Gasteiger partial charge in [-0.3, -0.25) is 0 Å². The predicted octanol–water partition coefficient (Wildman–Crippen LogP) is 1.96. The summed E-state index contributed by atoms with van der Waals surface area (Å²) >= 11 is 0. The fourth-order valence-electron chi connectivity index (χ4n) is 1.17. The van der Waals surface area contributed by atoms with E-state index >= 15 is 0 Å². The molecular formula is C12H17NO2. The number of nitrogens with one attached hydrogen (secondary N) is 1. The molecule has 0 unspecified atom stereocenters. The number of fused-ring (bicyclic) bond motifs is 1. The smallest absolute Gasteiger partial charge is 0.231 e. The summed E-state index contributed by atoms with van der Waals surface area (Å²) in [5.41, 5.74) is -0.489. The molecule has 1 N–H and O–H groups in total. The normalized spacial score (nSPS) is 29.3. The Morgan fingerprint density at radius 2 is 2.40 bits per heavy atom. The summed E-state index contributed by atoms with van der Waals surface area (Å²) in [4.78, 5) is 0. The molecule has 2 rings (SSSR count). The summed E-state index contributed by atoms with van der Waals surface area (Å²) in [6.07, 6.45) is -2.39. The van der Waals surface area contributed by atoms with Crippen LogP contribution >= 0.6 is 0 Å². The minimum Gasteiger partial charge on any atom is -0.454 e. The van der Waals surface area contributed by atoms with Gasteiger partial charge in [0.1, 0.15) is 2.74 Å². The molecule has 0 saturated heterocycles. The number of hydrogen-bond acceptors (Lipinski definition) is 3. The summed E-state index contributed by atoms with van der Waals surface area (Å²) in [6, 6.07) is -2.95.